The summed E-state index contributed by atoms with van der Waals surface area (Å²) < 4.78 is 1.99. The number of imidazole rings is 1. The number of fused-ring (bicyclic) bond motifs is 1. The lowest BCUT2D eigenvalue weighted by molar-refractivity contribution is 1.01. The first-order valence-corrected chi connectivity index (χ1v) is 6.44. The van der Waals surface area contributed by atoms with Gasteiger partial charge in [0.1, 0.15) is 12.1 Å². The number of hydrogen-bond donors (Lipinski definition) is 0. The van der Waals surface area contributed by atoms with Gasteiger partial charge < -0.3 is 0 Å². The van der Waals surface area contributed by atoms with Gasteiger partial charge in [-0.15, -0.1) is 0 Å². The van der Waals surface area contributed by atoms with Gasteiger partial charge in [-0.2, -0.15) is 0 Å². The Morgan fingerprint density at radius 2 is 1.94 bits per heavy atom. The molecule has 1 aromatic carbocycles. The van der Waals surface area contributed by atoms with Crippen molar-refractivity contribution in [3.8, 4) is 5.82 Å². The summed E-state index contributed by atoms with van der Waals surface area (Å²) >= 11 is 3.41. The summed E-state index contributed by atoms with van der Waals surface area (Å²) in [5, 5.41) is 0.824. The van der Waals surface area contributed by atoms with Crippen molar-refractivity contribution in [2.24, 2.45) is 0 Å². The van der Waals surface area contributed by atoms with E-state index in [0.29, 0.717) is 0 Å². The van der Waals surface area contributed by atoms with E-state index >= 15 is 0 Å². The number of pyridine rings is 1. The highest BCUT2D eigenvalue weighted by atomic mass is 79.9. The Hall–Kier alpha value is -1.68. The Kier molecular flexibility index (Phi) is 2.65. The summed E-state index contributed by atoms with van der Waals surface area (Å²) in [6.07, 6.45) is 3.68. The molecule has 0 aliphatic rings. The van der Waals surface area contributed by atoms with Crippen LogP contribution < -0.4 is 0 Å². The Morgan fingerprint density at radius 3 is 2.71 bits per heavy atom. The molecule has 0 bridgehead atoms. The number of para-hydroxylation sites is 2. The van der Waals surface area contributed by atoms with Gasteiger partial charge in [0, 0.05) is 11.5 Å². The lowest BCUT2D eigenvalue weighted by Crippen LogP contribution is -1.95. The summed E-state index contributed by atoms with van der Waals surface area (Å²) in [5.74, 6) is 0.892. The third-order valence-electron chi connectivity index (χ3n) is 2.66. The number of hydrogen-bond acceptors (Lipinski definition) is 2. The number of nitrogens with zero attached hydrogens (tertiary/aromatic N) is 3. The predicted molar refractivity (Wildman–Crippen MR) is 71.5 cm³/mol. The van der Waals surface area contributed by atoms with Crippen LogP contribution in [0.5, 0.6) is 0 Å². The zero-order valence-corrected chi connectivity index (χ0v) is 10.6. The van der Waals surface area contributed by atoms with Crippen molar-refractivity contribution in [1.29, 1.82) is 0 Å². The summed E-state index contributed by atoms with van der Waals surface area (Å²) in [4.78, 5) is 8.79. The van der Waals surface area contributed by atoms with Gasteiger partial charge in [0.2, 0.25) is 0 Å². The quantitative estimate of drug-likeness (QED) is 0.677. The summed E-state index contributed by atoms with van der Waals surface area (Å²) in [6.45, 7) is 0. The molecule has 0 atom stereocenters. The van der Waals surface area contributed by atoms with Gasteiger partial charge in [-0.25, -0.2) is 9.97 Å². The third kappa shape index (κ3) is 1.85. The SMILES string of the molecule is BrCc1ccc(-n2cnc3ccccc32)nc1. The number of benzene rings is 1. The molecule has 3 aromatic rings. The van der Waals surface area contributed by atoms with E-state index in [4.69, 9.17) is 0 Å². The molecular weight excluding hydrogens is 278 g/mol. The van der Waals surface area contributed by atoms with Crippen LogP contribution in [0.3, 0.4) is 0 Å². The topological polar surface area (TPSA) is 30.7 Å². The molecule has 0 saturated heterocycles. The van der Waals surface area contributed by atoms with E-state index in [-0.39, 0.29) is 0 Å². The minimum absolute atomic E-state index is 0.824. The summed E-state index contributed by atoms with van der Waals surface area (Å²) in [6, 6.07) is 12.1. The van der Waals surface area contributed by atoms with Crippen molar-refractivity contribution >= 4 is 27.0 Å². The lowest BCUT2D eigenvalue weighted by Gasteiger charge is -2.03. The van der Waals surface area contributed by atoms with E-state index in [0.717, 1.165) is 27.7 Å². The smallest absolute Gasteiger partial charge is 0.138 e. The Bertz CT molecular complexity index is 643. The van der Waals surface area contributed by atoms with Crippen molar-refractivity contribution in [3.63, 3.8) is 0 Å². The van der Waals surface area contributed by atoms with E-state index in [2.05, 4.69) is 32.0 Å². The number of aromatic nitrogens is 3. The average Bonchev–Trinajstić information content (AvgIpc) is 2.83. The number of rotatable bonds is 2. The van der Waals surface area contributed by atoms with E-state index in [1.54, 1.807) is 6.33 Å². The highest BCUT2D eigenvalue weighted by molar-refractivity contribution is 9.08. The molecule has 2 heterocycles. The Labute approximate surface area is 107 Å². The first-order chi connectivity index (χ1) is 8.38. The Morgan fingerprint density at radius 1 is 1.06 bits per heavy atom. The normalized spacial score (nSPS) is 10.9. The van der Waals surface area contributed by atoms with Crippen molar-refractivity contribution in [2.75, 3.05) is 0 Å². The summed E-state index contributed by atoms with van der Waals surface area (Å²) in [5.41, 5.74) is 3.23. The number of alkyl halides is 1. The maximum atomic E-state index is 4.44. The molecule has 3 rings (SSSR count). The molecule has 0 fully saturated rings. The molecule has 4 heteroatoms. The van der Waals surface area contributed by atoms with E-state index in [1.807, 2.05) is 41.1 Å². The van der Waals surface area contributed by atoms with Gasteiger partial charge in [0.05, 0.1) is 11.0 Å². The molecule has 2 aromatic heterocycles. The second-order valence-corrected chi connectivity index (χ2v) is 4.32. The van der Waals surface area contributed by atoms with Crippen molar-refractivity contribution in [3.05, 3.63) is 54.5 Å². The van der Waals surface area contributed by atoms with Crippen LogP contribution in [0.4, 0.5) is 0 Å². The minimum atomic E-state index is 0.824. The first-order valence-electron chi connectivity index (χ1n) is 5.32. The first kappa shape index (κ1) is 10.5. The van der Waals surface area contributed by atoms with Crippen LogP contribution in [0.2, 0.25) is 0 Å². The lowest BCUT2D eigenvalue weighted by atomic mass is 10.3. The monoisotopic (exact) mass is 287 g/mol. The standard InChI is InChI=1S/C13H10BrN3/c14-7-10-5-6-13(15-8-10)17-9-16-11-3-1-2-4-12(11)17/h1-6,8-9H,7H2. The molecular formula is C13H10BrN3. The molecule has 0 N–H and O–H groups in total. The minimum Gasteiger partial charge on any atom is -0.283 e. The molecule has 0 aliphatic heterocycles. The van der Waals surface area contributed by atoms with Crippen LogP contribution in [-0.2, 0) is 5.33 Å². The zero-order chi connectivity index (χ0) is 11.7. The van der Waals surface area contributed by atoms with Gasteiger partial charge in [-0.3, -0.25) is 4.57 Å². The third-order valence-corrected chi connectivity index (χ3v) is 3.31. The molecule has 3 nitrogen and oxygen atoms in total. The van der Waals surface area contributed by atoms with Crippen molar-refractivity contribution in [2.45, 2.75) is 5.33 Å². The largest absolute Gasteiger partial charge is 0.283 e. The van der Waals surface area contributed by atoms with Crippen LogP contribution in [0, 0.1) is 0 Å². The van der Waals surface area contributed by atoms with Crippen LogP contribution in [0.15, 0.2) is 48.9 Å². The van der Waals surface area contributed by atoms with Crippen molar-refractivity contribution < 1.29 is 0 Å². The fourth-order valence-corrected chi connectivity index (χ4v) is 2.11. The molecule has 0 radical (unpaired) electrons. The van der Waals surface area contributed by atoms with Crippen LogP contribution in [0.25, 0.3) is 16.9 Å². The van der Waals surface area contributed by atoms with Crippen LogP contribution in [0.1, 0.15) is 5.56 Å². The average molecular weight is 288 g/mol. The highest BCUT2D eigenvalue weighted by Crippen LogP contribution is 2.16. The van der Waals surface area contributed by atoms with Gasteiger partial charge in [0.25, 0.3) is 0 Å². The number of halogens is 1. The maximum Gasteiger partial charge on any atom is 0.138 e. The van der Waals surface area contributed by atoms with Crippen LogP contribution in [-0.4, -0.2) is 14.5 Å². The molecule has 0 saturated carbocycles. The van der Waals surface area contributed by atoms with E-state index in [1.165, 1.54) is 0 Å². The predicted octanol–water partition coefficient (Wildman–Crippen LogP) is 3.32. The van der Waals surface area contributed by atoms with Gasteiger partial charge in [0.15, 0.2) is 0 Å². The van der Waals surface area contributed by atoms with E-state index < -0.39 is 0 Å². The second-order valence-electron chi connectivity index (χ2n) is 3.76. The maximum absolute atomic E-state index is 4.44. The van der Waals surface area contributed by atoms with Crippen molar-refractivity contribution in [1.82, 2.24) is 14.5 Å². The van der Waals surface area contributed by atoms with Crippen LogP contribution >= 0.6 is 15.9 Å². The fourth-order valence-electron chi connectivity index (χ4n) is 1.78. The fraction of sp³-hybridized carbons (Fsp3) is 0.0769. The highest BCUT2D eigenvalue weighted by Gasteiger charge is 2.04. The van der Waals surface area contributed by atoms with Gasteiger partial charge in [-0.05, 0) is 23.8 Å². The second kappa shape index (κ2) is 4.30. The van der Waals surface area contributed by atoms with Gasteiger partial charge in [-0.1, -0.05) is 34.1 Å². The summed E-state index contributed by atoms with van der Waals surface area (Å²) in [7, 11) is 0. The zero-order valence-electron chi connectivity index (χ0n) is 9.05. The Balaban J connectivity index is 2.13. The molecule has 0 unspecified atom stereocenters. The molecule has 84 valence electrons. The molecule has 0 amide bonds. The van der Waals surface area contributed by atoms with E-state index in [9.17, 15) is 0 Å². The molecule has 0 spiro atoms. The van der Waals surface area contributed by atoms with Gasteiger partial charge >= 0.3 is 0 Å². The molecule has 17 heavy (non-hydrogen) atoms. The molecule has 0 aliphatic carbocycles.